The highest BCUT2D eigenvalue weighted by Gasteiger charge is 2.29. The van der Waals surface area contributed by atoms with Gasteiger partial charge < -0.3 is 14.7 Å². The number of aryl methyl sites for hydroxylation is 1. The number of hydrogen-bond donors (Lipinski definition) is 1. The Labute approximate surface area is 166 Å². The fourth-order valence-corrected chi connectivity index (χ4v) is 3.50. The van der Waals surface area contributed by atoms with E-state index in [1.165, 1.54) is 11.4 Å². The van der Waals surface area contributed by atoms with Crippen LogP contribution >= 0.6 is 0 Å². The SMILES string of the molecule is C[C@@H]1CN([C@@H](C)CO)C(=O)CCCn2cc(nn2)CO[C@@H]1CN(C)S(C)(=O)=O. The van der Waals surface area contributed by atoms with Gasteiger partial charge in [-0.1, -0.05) is 12.1 Å². The Bertz CT molecular complexity index is 753. The molecule has 11 heteroatoms. The van der Waals surface area contributed by atoms with E-state index in [-0.39, 0.29) is 37.6 Å². The molecule has 10 nitrogen and oxygen atoms in total. The number of hydrogen-bond acceptors (Lipinski definition) is 7. The lowest BCUT2D eigenvalue weighted by atomic mass is 10.0. The second kappa shape index (κ2) is 9.77. The van der Waals surface area contributed by atoms with E-state index in [0.717, 1.165) is 6.26 Å². The Morgan fingerprint density at radius 1 is 1.46 bits per heavy atom. The van der Waals surface area contributed by atoms with Gasteiger partial charge in [0, 0.05) is 39.0 Å². The number of likely N-dealkylation sites (N-methyl/N-ethyl adjacent to an activating group) is 1. The maximum absolute atomic E-state index is 12.7. The molecule has 0 saturated carbocycles. The van der Waals surface area contributed by atoms with Gasteiger partial charge in [-0.25, -0.2) is 12.7 Å². The molecule has 0 saturated heterocycles. The second-order valence-electron chi connectivity index (χ2n) is 7.52. The van der Waals surface area contributed by atoms with Gasteiger partial charge in [0.15, 0.2) is 0 Å². The predicted molar refractivity (Wildman–Crippen MR) is 103 cm³/mol. The van der Waals surface area contributed by atoms with E-state index in [2.05, 4.69) is 10.3 Å². The lowest BCUT2D eigenvalue weighted by Gasteiger charge is -2.34. The topological polar surface area (TPSA) is 118 Å². The van der Waals surface area contributed by atoms with Crippen molar-refractivity contribution in [2.75, 3.05) is 33.0 Å². The summed E-state index contributed by atoms with van der Waals surface area (Å²) in [5.74, 6) is -0.207. The molecule has 1 aromatic heterocycles. The Kier molecular flexibility index (Phi) is 7.93. The van der Waals surface area contributed by atoms with E-state index in [0.29, 0.717) is 31.6 Å². The van der Waals surface area contributed by atoms with Crippen LogP contribution in [0.25, 0.3) is 0 Å². The maximum atomic E-state index is 12.7. The minimum atomic E-state index is -3.37. The first-order valence-electron chi connectivity index (χ1n) is 9.44. The molecule has 2 bridgehead atoms. The van der Waals surface area contributed by atoms with Crippen molar-refractivity contribution in [1.29, 1.82) is 0 Å². The number of sulfonamides is 1. The van der Waals surface area contributed by atoms with E-state index in [1.54, 1.807) is 22.7 Å². The van der Waals surface area contributed by atoms with E-state index >= 15 is 0 Å². The molecule has 28 heavy (non-hydrogen) atoms. The molecule has 0 fully saturated rings. The first kappa shape index (κ1) is 22.7. The number of amides is 1. The summed E-state index contributed by atoms with van der Waals surface area (Å²) in [6, 6.07) is -0.328. The van der Waals surface area contributed by atoms with Crippen molar-refractivity contribution in [3.05, 3.63) is 11.9 Å². The van der Waals surface area contributed by atoms with E-state index in [4.69, 9.17) is 4.74 Å². The van der Waals surface area contributed by atoms with Gasteiger partial charge in [-0.15, -0.1) is 5.10 Å². The third-order valence-corrected chi connectivity index (χ3v) is 6.33. The molecule has 0 aliphatic carbocycles. The van der Waals surface area contributed by atoms with Gasteiger partial charge in [-0.3, -0.25) is 9.48 Å². The van der Waals surface area contributed by atoms with Crippen molar-refractivity contribution < 1.29 is 23.1 Å². The van der Waals surface area contributed by atoms with Gasteiger partial charge in [-0.05, 0) is 13.3 Å². The standard InChI is InChI=1S/C17H31N5O5S/c1-13-8-22(14(2)11-23)17(24)6-5-7-21-9-15(18-19-21)12-27-16(13)10-20(3)28(4,25)26/h9,13-14,16,23H,5-8,10-12H2,1-4H3/t13-,14+,16-/m1/s1. The normalized spacial score (nSPS) is 23.8. The molecule has 1 N–H and O–H groups in total. The van der Waals surface area contributed by atoms with E-state index in [9.17, 15) is 18.3 Å². The lowest BCUT2D eigenvalue weighted by Crippen LogP contribution is -2.47. The average Bonchev–Trinajstić information content (AvgIpc) is 3.08. The van der Waals surface area contributed by atoms with Crippen LogP contribution in [0.3, 0.4) is 0 Å². The van der Waals surface area contributed by atoms with Gasteiger partial charge in [0.1, 0.15) is 5.69 Å². The van der Waals surface area contributed by atoms with Crippen LogP contribution in [-0.2, 0) is 32.7 Å². The van der Waals surface area contributed by atoms with Crippen molar-refractivity contribution >= 4 is 15.9 Å². The van der Waals surface area contributed by atoms with Crippen LogP contribution in [0.15, 0.2) is 6.20 Å². The molecule has 0 unspecified atom stereocenters. The number of carbonyl (C=O) groups excluding carboxylic acids is 1. The molecule has 2 heterocycles. The van der Waals surface area contributed by atoms with Gasteiger partial charge in [0.05, 0.1) is 37.8 Å². The van der Waals surface area contributed by atoms with Crippen LogP contribution in [0.1, 0.15) is 32.4 Å². The van der Waals surface area contributed by atoms with Crippen LogP contribution in [0.5, 0.6) is 0 Å². The van der Waals surface area contributed by atoms with Crippen molar-refractivity contribution in [2.24, 2.45) is 5.92 Å². The van der Waals surface area contributed by atoms with Crippen LogP contribution in [0.2, 0.25) is 0 Å². The van der Waals surface area contributed by atoms with Gasteiger partial charge in [-0.2, -0.15) is 0 Å². The number of nitrogens with zero attached hydrogens (tertiary/aromatic N) is 5. The minimum absolute atomic E-state index is 0.0526. The minimum Gasteiger partial charge on any atom is -0.394 e. The highest BCUT2D eigenvalue weighted by Crippen LogP contribution is 2.18. The summed E-state index contributed by atoms with van der Waals surface area (Å²) >= 11 is 0. The van der Waals surface area contributed by atoms with Gasteiger partial charge >= 0.3 is 0 Å². The van der Waals surface area contributed by atoms with Crippen molar-refractivity contribution in [2.45, 2.75) is 52.0 Å². The number of aliphatic hydroxyl groups excluding tert-OH is 1. The summed E-state index contributed by atoms with van der Waals surface area (Å²) < 4.78 is 32.6. The van der Waals surface area contributed by atoms with Crippen LogP contribution in [0, 0.1) is 5.92 Å². The highest BCUT2D eigenvalue weighted by molar-refractivity contribution is 7.88. The summed E-state index contributed by atoms with van der Waals surface area (Å²) in [5.41, 5.74) is 0.658. The summed E-state index contributed by atoms with van der Waals surface area (Å²) in [6.45, 7) is 4.87. The van der Waals surface area contributed by atoms with Crippen molar-refractivity contribution in [1.82, 2.24) is 24.2 Å². The molecule has 3 atom stereocenters. The number of fused-ring (bicyclic) bond motifs is 2. The monoisotopic (exact) mass is 417 g/mol. The molecule has 160 valence electrons. The summed E-state index contributed by atoms with van der Waals surface area (Å²) in [4.78, 5) is 14.4. The Balaban J connectivity index is 2.27. The van der Waals surface area contributed by atoms with Crippen molar-refractivity contribution in [3.8, 4) is 0 Å². The van der Waals surface area contributed by atoms with E-state index in [1.807, 2.05) is 6.92 Å². The Morgan fingerprint density at radius 3 is 2.82 bits per heavy atom. The fraction of sp³-hybridized carbons (Fsp3) is 0.824. The first-order valence-corrected chi connectivity index (χ1v) is 11.3. The number of aromatic nitrogens is 3. The van der Waals surface area contributed by atoms with Crippen molar-refractivity contribution in [3.63, 3.8) is 0 Å². The number of ether oxygens (including phenoxy) is 1. The largest absolute Gasteiger partial charge is 0.394 e. The fourth-order valence-electron chi connectivity index (χ4n) is 3.08. The summed E-state index contributed by atoms with van der Waals surface area (Å²) in [5, 5.41) is 17.7. The second-order valence-corrected chi connectivity index (χ2v) is 9.61. The number of aliphatic hydroxyl groups is 1. The quantitative estimate of drug-likeness (QED) is 0.698. The molecule has 0 radical (unpaired) electrons. The lowest BCUT2D eigenvalue weighted by molar-refractivity contribution is -0.136. The zero-order chi connectivity index (χ0) is 20.9. The summed E-state index contributed by atoms with van der Waals surface area (Å²) in [6.07, 6.45) is 3.42. The number of rotatable bonds is 5. The zero-order valence-corrected chi connectivity index (χ0v) is 17.8. The van der Waals surface area contributed by atoms with Gasteiger partial charge in [0.2, 0.25) is 15.9 Å². The maximum Gasteiger partial charge on any atom is 0.222 e. The first-order chi connectivity index (χ1) is 13.1. The van der Waals surface area contributed by atoms with E-state index < -0.39 is 16.1 Å². The number of carbonyl (C=O) groups is 1. The molecule has 1 aliphatic rings. The predicted octanol–water partition coefficient (Wildman–Crippen LogP) is -0.306. The summed E-state index contributed by atoms with van der Waals surface area (Å²) in [7, 11) is -1.87. The third-order valence-electron chi connectivity index (χ3n) is 5.05. The third kappa shape index (κ3) is 6.23. The molecule has 1 aliphatic heterocycles. The molecule has 2 rings (SSSR count). The molecular weight excluding hydrogens is 386 g/mol. The highest BCUT2D eigenvalue weighted by atomic mass is 32.2. The average molecular weight is 418 g/mol. The van der Waals surface area contributed by atoms with Crippen LogP contribution < -0.4 is 0 Å². The molecule has 1 amide bonds. The molecule has 0 aromatic carbocycles. The molecular formula is C17H31N5O5S. The Hall–Kier alpha value is -1.56. The van der Waals surface area contributed by atoms with Crippen LogP contribution in [0.4, 0.5) is 0 Å². The Morgan fingerprint density at radius 2 is 2.18 bits per heavy atom. The molecule has 0 spiro atoms. The van der Waals surface area contributed by atoms with Gasteiger partial charge in [0.25, 0.3) is 0 Å². The zero-order valence-electron chi connectivity index (χ0n) is 17.0. The smallest absolute Gasteiger partial charge is 0.222 e. The molecule has 1 aromatic rings. The van der Waals surface area contributed by atoms with Crippen LogP contribution in [-0.4, -0.2) is 88.8 Å².